The molecule has 0 radical (unpaired) electrons. The van der Waals surface area contributed by atoms with Crippen LogP contribution in [0.25, 0.3) is 54.6 Å². The maximum Gasteiger partial charge on any atom is 0.0543 e. The van der Waals surface area contributed by atoms with Gasteiger partial charge < -0.3 is 9.80 Å². The summed E-state index contributed by atoms with van der Waals surface area (Å²) in [6, 6.07) is 64.9. The SMILES string of the molecule is Cc1ccccc1-c1ccc(C)c(N(c2cccc(C(C)C)c2)c2cc(C(C)C)c3ccc4c(N(c5cccc(C(C)C)c5)c5cc(-c6ccccc6C)ccc5C)cc(C(C)C)c5ccc2c3c54)c1. The zero-order chi connectivity index (χ0) is 49.1. The Balaban J connectivity index is 1.33. The van der Waals surface area contributed by atoms with Crippen LogP contribution in [0.2, 0.25) is 0 Å². The van der Waals surface area contributed by atoms with Crippen molar-refractivity contribution < 1.29 is 0 Å². The van der Waals surface area contributed by atoms with Gasteiger partial charge in [-0.3, -0.25) is 0 Å². The first-order chi connectivity index (χ1) is 33.7. The molecule has 2 nitrogen and oxygen atoms in total. The largest absolute Gasteiger partial charge is 0.310 e. The molecule has 0 atom stereocenters. The molecule has 0 fully saturated rings. The molecule has 0 aromatic heterocycles. The number of anilines is 6. The minimum absolute atomic E-state index is 0.276. The van der Waals surface area contributed by atoms with Gasteiger partial charge in [-0.15, -0.1) is 0 Å². The van der Waals surface area contributed by atoms with E-state index < -0.39 is 0 Å². The predicted molar refractivity (Wildman–Crippen MR) is 306 cm³/mol. The highest BCUT2D eigenvalue weighted by atomic mass is 15.2. The quantitative estimate of drug-likeness (QED) is 0.113. The summed E-state index contributed by atoms with van der Waals surface area (Å²) in [6.45, 7) is 27.6. The normalized spacial score (nSPS) is 11.9. The Morgan fingerprint density at radius 1 is 0.300 bits per heavy atom. The third-order valence-electron chi connectivity index (χ3n) is 15.0. The molecule has 0 saturated carbocycles. The van der Waals surface area contributed by atoms with Crippen LogP contribution in [0.4, 0.5) is 34.1 Å². The molecule has 0 bridgehead atoms. The molecule has 0 spiro atoms. The molecule has 0 aliphatic heterocycles. The van der Waals surface area contributed by atoms with Gasteiger partial charge in [-0.2, -0.15) is 0 Å². The van der Waals surface area contributed by atoms with E-state index in [2.05, 4.69) is 263 Å². The van der Waals surface area contributed by atoms with Crippen molar-refractivity contribution >= 4 is 66.4 Å². The van der Waals surface area contributed by atoms with E-state index in [1.807, 2.05) is 0 Å². The van der Waals surface area contributed by atoms with Crippen molar-refractivity contribution in [2.75, 3.05) is 9.80 Å². The summed E-state index contributed by atoms with van der Waals surface area (Å²) < 4.78 is 0. The third kappa shape index (κ3) is 8.22. The zero-order valence-electron chi connectivity index (χ0n) is 43.4. The lowest BCUT2D eigenvalue weighted by molar-refractivity contribution is 0.866. The average molecular weight is 913 g/mol. The monoisotopic (exact) mass is 913 g/mol. The molecular formula is C68H68N2. The van der Waals surface area contributed by atoms with E-state index in [0.29, 0.717) is 11.8 Å². The second-order valence-corrected chi connectivity index (χ2v) is 21.2. The lowest BCUT2D eigenvalue weighted by Crippen LogP contribution is -2.15. The second kappa shape index (κ2) is 18.6. The lowest BCUT2D eigenvalue weighted by atomic mass is 9.83. The molecule has 70 heavy (non-hydrogen) atoms. The second-order valence-electron chi connectivity index (χ2n) is 21.2. The number of aryl methyl sites for hydroxylation is 4. The summed E-state index contributed by atoms with van der Waals surface area (Å²) in [5.41, 5.74) is 22.5. The molecule has 2 heteroatoms. The number of nitrogens with zero attached hydrogens (tertiary/aromatic N) is 2. The van der Waals surface area contributed by atoms with Crippen molar-refractivity contribution in [2.24, 2.45) is 0 Å². The molecule has 0 aliphatic rings. The van der Waals surface area contributed by atoms with Gasteiger partial charge in [-0.25, -0.2) is 0 Å². The maximum atomic E-state index is 2.58. The summed E-state index contributed by atoms with van der Waals surface area (Å²) >= 11 is 0. The highest BCUT2D eigenvalue weighted by Crippen LogP contribution is 2.52. The van der Waals surface area contributed by atoms with Gasteiger partial charge >= 0.3 is 0 Å². The highest BCUT2D eigenvalue weighted by molar-refractivity contribution is 6.29. The van der Waals surface area contributed by atoms with Crippen molar-refractivity contribution in [3.8, 4) is 22.3 Å². The van der Waals surface area contributed by atoms with Crippen LogP contribution >= 0.6 is 0 Å². The molecule has 0 unspecified atom stereocenters. The predicted octanol–water partition coefficient (Wildman–Crippen LogP) is 20.6. The van der Waals surface area contributed by atoms with Crippen LogP contribution in [0.15, 0.2) is 170 Å². The van der Waals surface area contributed by atoms with Crippen molar-refractivity contribution in [1.29, 1.82) is 0 Å². The Bertz CT molecular complexity index is 3330. The molecular weight excluding hydrogens is 845 g/mol. The summed E-state index contributed by atoms with van der Waals surface area (Å²) in [5, 5.41) is 7.83. The van der Waals surface area contributed by atoms with Gasteiger partial charge in [0.05, 0.1) is 11.4 Å². The van der Waals surface area contributed by atoms with Gasteiger partial charge in [-0.1, -0.05) is 177 Å². The van der Waals surface area contributed by atoms with Gasteiger partial charge in [0.2, 0.25) is 0 Å². The number of hydrogen-bond donors (Lipinski definition) is 0. The molecule has 0 amide bonds. The molecule has 0 saturated heterocycles. The molecule has 0 N–H and O–H groups in total. The molecule has 0 aliphatic carbocycles. The van der Waals surface area contributed by atoms with Gasteiger partial charge in [0.1, 0.15) is 0 Å². The number of hydrogen-bond acceptors (Lipinski definition) is 2. The molecule has 10 aromatic carbocycles. The first-order valence-electron chi connectivity index (χ1n) is 25.6. The van der Waals surface area contributed by atoms with Gasteiger partial charge in [0, 0.05) is 33.5 Å². The molecule has 10 rings (SSSR count). The van der Waals surface area contributed by atoms with Crippen molar-refractivity contribution in [3.63, 3.8) is 0 Å². The zero-order valence-corrected chi connectivity index (χ0v) is 43.4. The molecule has 10 aromatic rings. The Labute approximate surface area is 417 Å². The average Bonchev–Trinajstić information content (AvgIpc) is 3.35. The minimum atomic E-state index is 0.276. The molecule has 350 valence electrons. The van der Waals surface area contributed by atoms with Crippen molar-refractivity contribution in [1.82, 2.24) is 0 Å². The highest BCUT2D eigenvalue weighted by Gasteiger charge is 2.28. The standard InChI is InChI=1S/C68H68N2/c1-41(2)49-21-17-23-53(35-49)69(63-37-51(29-27-47(63)11)55-25-15-13-19-45(55)9)65-39-61(43(5)6)57-32-34-60-66(40-62(44(7)8)58-31-33-59(65)67(57)68(58)60)70(54-24-18-22-50(36-54)42(3)4)64-38-52(30-28-48(64)12)56-26-16-14-20-46(56)10/h13-44H,1-12H3. The van der Waals surface area contributed by atoms with E-state index in [-0.39, 0.29) is 11.8 Å². The van der Waals surface area contributed by atoms with E-state index in [9.17, 15) is 0 Å². The maximum absolute atomic E-state index is 2.58. The van der Waals surface area contributed by atoms with Crippen LogP contribution in [0.5, 0.6) is 0 Å². The fourth-order valence-electron chi connectivity index (χ4n) is 11.0. The van der Waals surface area contributed by atoms with Gasteiger partial charge in [-0.05, 0) is 188 Å². The fraction of sp³-hybridized carbons (Fsp3) is 0.235. The minimum Gasteiger partial charge on any atom is -0.310 e. The summed E-state index contributed by atoms with van der Waals surface area (Å²) in [7, 11) is 0. The Morgan fingerprint density at radius 2 is 0.686 bits per heavy atom. The van der Waals surface area contributed by atoms with Crippen LogP contribution in [-0.4, -0.2) is 0 Å². The van der Waals surface area contributed by atoms with E-state index in [1.54, 1.807) is 0 Å². The topological polar surface area (TPSA) is 6.48 Å². The summed E-state index contributed by atoms with van der Waals surface area (Å²) in [5.74, 6) is 1.31. The van der Waals surface area contributed by atoms with E-state index >= 15 is 0 Å². The smallest absolute Gasteiger partial charge is 0.0543 e. The van der Waals surface area contributed by atoms with Gasteiger partial charge in [0.25, 0.3) is 0 Å². The number of rotatable bonds is 12. The van der Waals surface area contributed by atoms with E-state index in [4.69, 9.17) is 0 Å². The summed E-state index contributed by atoms with van der Waals surface area (Å²) in [4.78, 5) is 5.16. The Hall–Kier alpha value is -7.16. The first-order valence-corrected chi connectivity index (χ1v) is 25.6. The Kier molecular flexibility index (Phi) is 12.4. The summed E-state index contributed by atoms with van der Waals surface area (Å²) in [6.07, 6.45) is 0. The van der Waals surface area contributed by atoms with Crippen LogP contribution < -0.4 is 9.80 Å². The van der Waals surface area contributed by atoms with Crippen LogP contribution in [0, 0.1) is 27.7 Å². The fourth-order valence-corrected chi connectivity index (χ4v) is 11.0. The third-order valence-corrected chi connectivity index (χ3v) is 15.0. The number of benzene rings is 10. The first kappa shape index (κ1) is 46.6. The van der Waals surface area contributed by atoms with Crippen LogP contribution in [0.3, 0.4) is 0 Å². The Morgan fingerprint density at radius 3 is 1.06 bits per heavy atom. The molecule has 0 heterocycles. The van der Waals surface area contributed by atoms with Crippen molar-refractivity contribution in [2.45, 2.75) is 107 Å². The lowest BCUT2D eigenvalue weighted by Gasteiger charge is -2.33. The van der Waals surface area contributed by atoms with Crippen molar-refractivity contribution in [3.05, 3.63) is 214 Å². The van der Waals surface area contributed by atoms with E-state index in [1.165, 1.54) is 133 Å². The van der Waals surface area contributed by atoms with Crippen LogP contribution in [0.1, 0.15) is 124 Å². The van der Waals surface area contributed by atoms with Crippen LogP contribution in [-0.2, 0) is 0 Å². The van der Waals surface area contributed by atoms with E-state index in [0.717, 1.165) is 0 Å². The van der Waals surface area contributed by atoms with Gasteiger partial charge in [0.15, 0.2) is 0 Å².